The minimum atomic E-state index is 0.357. The smallest absolute Gasteiger partial charge is 0.0627 e. The third-order valence-electron chi connectivity index (χ3n) is 4.09. The minimum Gasteiger partial charge on any atom is -0.293 e. The van der Waals surface area contributed by atoms with Crippen molar-refractivity contribution in [1.29, 1.82) is 0 Å². The Morgan fingerprint density at radius 1 is 1.05 bits per heavy atom. The van der Waals surface area contributed by atoms with Crippen molar-refractivity contribution in [2.75, 3.05) is 13.1 Å². The second-order valence-corrected chi connectivity index (χ2v) is 5.71. The third-order valence-corrected chi connectivity index (χ3v) is 4.09. The predicted octanol–water partition coefficient (Wildman–Crippen LogP) is 4.24. The Morgan fingerprint density at radius 3 is 2.48 bits per heavy atom. The molecule has 0 aliphatic carbocycles. The Kier molecular flexibility index (Phi) is 4.46. The summed E-state index contributed by atoms with van der Waals surface area (Å²) in [5, 5.41) is 0. The molecule has 1 saturated heterocycles. The van der Waals surface area contributed by atoms with Gasteiger partial charge in [0.1, 0.15) is 0 Å². The first-order chi connectivity index (χ1) is 10.3. The van der Waals surface area contributed by atoms with Gasteiger partial charge in [0.05, 0.1) is 11.7 Å². The Morgan fingerprint density at radius 2 is 1.81 bits per heavy atom. The lowest BCUT2D eigenvalue weighted by atomic mass is 10.0. The normalized spacial score (nSPS) is 17.4. The molecule has 1 atom stereocenters. The molecule has 2 nitrogen and oxygen atoms in total. The summed E-state index contributed by atoms with van der Waals surface area (Å²) < 4.78 is 0. The van der Waals surface area contributed by atoms with E-state index in [1.165, 1.54) is 37.1 Å². The van der Waals surface area contributed by atoms with Crippen molar-refractivity contribution in [2.45, 2.75) is 25.8 Å². The monoisotopic (exact) mass is 278 g/mol. The van der Waals surface area contributed by atoms with E-state index in [0.717, 1.165) is 5.69 Å². The molecule has 1 fully saturated rings. The van der Waals surface area contributed by atoms with Gasteiger partial charge in [-0.2, -0.15) is 0 Å². The molecule has 21 heavy (non-hydrogen) atoms. The van der Waals surface area contributed by atoms with Crippen LogP contribution >= 0.6 is 0 Å². The predicted molar refractivity (Wildman–Crippen MR) is 88.0 cm³/mol. The molecule has 1 unspecified atom stereocenters. The highest BCUT2D eigenvalue weighted by Gasteiger charge is 2.21. The standard InChI is InChI=1S/C19H22N2/c1-16-7-9-17(10-8-16)19(21-14-4-5-15-21)12-11-18-6-2-3-13-20-18/h2-3,6-13,19H,4-5,14-15H2,1H3/b12-11+. The molecule has 1 aromatic carbocycles. The van der Waals surface area contributed by atoms with Gasteiger partial charge in [-0.1, -0.05) is 42.0 Å². The Balaban J connectivity index is 1.85. The lowest BCUT2D eigenvalue weighted by Crippen LogP contribution is -2.24. The maximum absolute atomic E-state index is 4.38. The van der Waals surface area contributed by atoms with Crippen molar-refractivity contribution in [3.05, 3.63) is 71.6 Å². The molecule has 0 radical (unpaired) electrons. The van der Waals surface area contributed by atoms with E-state index in [4.69, 9.17) is 0 Å². The van der Waals surface area contributed by atoms with Crippen LogP contribution in [0.15, 0.2) is 54.7 Å². The fraction of sp³-hybridized carbons (Fsp3) is 0.316. The van der Waals surface area contributed by atoms with Crippen molar-refractivity contribution in [3.63, 3.8) is 0 Å². The van der Waals surface area contributed by atoms with Gasteiger partial charge < -0.3 is 0 Å². The summed E-state index contributed by atoms with van der Waals surface area (Å²) in [4.78, 5) is 6.94. The number of hydrogen-bond donors (Lipinski definition) is 0. The zero-order chi connectivity index (χ0) is 14.5. The number of benzene rings is 1. The summed E-state index contributed by atoms with van der Waals surface area (Å²) in [6.07, 6.45) is 8.89. The molecule has 3 rings (SSSR count). The topological polar surface area (TPSA) is 16.1 Å². The quantitative estimate of drug-likeness (QED) is 0.831. The van der Waals surface area contributed by atoms with E-state index in [-0.39, 0.29) is 0 Å². The van der Waals surface area contributed by atoms with Gasteiger partial charge in [-0.15, -0.1) is 0 Å². The Labute approximate surface area is 127 Å². The molecule has 1 aliphatic heterocycles. The van der Waals surface area contributed by atoms with Gasteiger partial charge in [0.2, 0.25) is 0 Å². The van der Waals surface area contributed by atoms with Crippen LogP contribution in [0.4, 0.5) is 0 Å². The molecule has 1 aromatic heterocycles. The second kappa shape index (κ2) is 6.68. The highest BCUT2D eigenvalue weighted by Crippen LogP contribution is 2.27. The maximum Gasteiger partial charge on any atom is 0.0627 e. The molecule has 0 bridgehead atoms. The molecular weight excluding hydrogens is 256 g/mol. The van der Waals surface area contributed by atoms with Crippen molar-refractivity contribution < 1.29 is 0 Å². The van der Waals surface area contributed by atoms with E-state index in [0.29, 0.717) is 6.04 Å². The van der Waals surface area contributed by atoms with Gasteiger partial charge in [0.15, 0.2) is 0 Å². The molecule has 2 heterocycles. The molecule has 0 saturated carbocycles. The van der Waals surface area contributed by atoms with Crippen LogP contribution in [0.2, 0.25) is 0 Å². The first kappa shape index (κ1) is 14.0. The molecule has 0 N–H and O–H groups in total. The summed E-state index contributed by atoms with van der Waals surface area (Å²) in [7, 11) is 0. The van der Waals surface area contributed by atoms with E-state index in [2.05, 4.69) is 53.2 Å². The number of aromatic nitrogens is 1. The van der Waals surface area contributed by atoms with Crippen molar-refractivity contribution >= 4 is 6.08 Å². The van der Waals surface area contributed by atoms with Gasteiger partial charge in [-0.05, 0) is 56.6 Å². The number of hydrogen-bond acceptors (Lipinski definition) is 2. The van der Waals surface area contributed by atoms with Crippen LogP contribution < -0.4 is 0 Å². The molecular formula is C19H22N2. The Bertz CT molecular complexity index is 581. The van der Waals surface area contributed by atoms with E-state index in [1.807, 2.05) is 24.4 Å². The first-order valence-corrected chi connectivity index (χ1v) is 7.73. The van der Waals surface area contributed by atoms with Crippen molar-refractivity contribution in [3.8, 4) is 0 Å². The zero-order valence-electron chi connectivity index (χ0n) is 12.6. The lowest BCUT2D eigenvalue weighted by molar-refractivity contribution is 0.289. The average Bonchev–Trinajstić information content (AvgIpc) is 3.04. The lowest BCUT2D eigenvalue weighted by Gasteiger charge is -2.25. The van der Waals surface area contributed by atoms with E-state index in [1.54, 1.807) is 0 Å². The van der Waals surface area contributed by atoms with Crippen LogP contribution in [0.3, 0.4) is 0 Å². The highest BCUT2D eigenvalue weighted by molar-refractivity contribution is 5.46. The summed E-state index contributed by atoms with van der Waals surface area (Å²) >= 11 is 0. The number of likely N-dealkylation sites (tertiary alicyclic amines) is 1. The van der Waals surface area contributed by atoms with Crippen LogP contribution in [0.25, 0.3) is 6.08 Å². The number of pyridine rings is 1. The summed E-state index contributed by atoms with van der Waals surface area (Å²) in [6, 6.07) is 15.3. The van der Waals surface area contributed by atoms with Gasteiger partial charge in [0.25, 0.3) is 0 Å². The Hall–Kier alpha value is -1.93. The van der Waals surface area contributed by atoms with E-state index in [9.17, 15) is 0 Å². The maximum atomic E-state index is 4.38. The molecule has 2 heteroatoms. The molecule has 0 spiro atoms. The van der Waals surface area contributed by atoms with Crippen LogP contribution in [0.1, 0.15) is 35.7 Å². The second-order valence-electron chi connectivity index (χ2n) is 5.71. The fourth-order valence-electron chi connectivity index (χ4n) is 2.89. The van der Waals surface area contributed by atoms with Gasteiger partial charge in [0, 0.05) is 6.20 Å². The van der Waals surface area contributed by atoms with Gasteiger partial charge in [-0.3, -0.25) is 9.88 Å². The number of aryl methyl sites for hydroxylation is 1. The van der Waals surface area contributed by atoms with Crippen LogP contribution in [-0.2, 0) is 0 Å². The van der Waals surface area contributed by atoms with E-state index < -0.39 is 0 Å². The zero-order valence-corrected chi connectivity index (χ0v) is 12.6. The van der Waals surface area contributed by atoms with Crippen LogP contribution in [0.5, 0.6) is 0 Å². The van der Waals surface area contributed by atoms with Crippen molar-refractivity contribution in [2.24, 2.45) is 0 Å². The van der Waals surface area contributed by atoms with Gasteiger partial charge >= 0.3 is 0 Å². The summed E-state index contributed by atoms with van der Waals surface area (Å²) in [6.45, 7) is 4.51. The fourth-order valence-corrected chi connectivity index (χ4v) is 2.89. The van der Waals surface area contributed by atoms with Crippen LogP contribution in [-0.4, -0.2) is 23.0 Å². The summed E-state index contributed by atoms with van der Waals surface area (Å²) in [5.74, 6) is 0. The molecule has 2 aromatic rings. The molecule has 108 valence electrons. The number of nitrogens with zero attached hydrogens (tertiary/aromatic N) is 2. The molecule has 1 aliphatic rings. The average molecular weight is 278 g/mol. The minimum absolute atomic E-state index is 0.357. The van der Waals surface area contributed by atoms with Gasteiger partial charge in [-0.25, -0.2) is 0 Å². The summed E-state index contributed by atoms with van der Waals surface area (Å²) in [5.41, 5.74) is 3.70. The number of rotatable bonds is 4. The largest absolute Gasteiger partial charge is 0.293 e. The highest BCUT2D eigenvalue weighted by atomic mass is 15.2. The molecule has 0 amide bonds. The van der Waals surface area contributed by atoms with E-state index >= 15 is 0 Å². The first-order valence-electron chi connectivity index (χ1n) is 7.73. The van der Waals surface area contributed by atoms with Crippen molar-refractivity contribution in [1.82, 2.24) is 9.88 Å². The third kappa shape index (κ3) is 3.59. The van der Waals surface area contributed by atoms with Crippen LogP contribution in [0, 0.1) is 6.92 Å². The SMILES string of the molecule is Cc1ccc(C(/C=C/c2ccccn2)N2CCCC2)cc1.